The van der Waals surface area contributed by atoms with Gasteiger partial charge in [-0.05, 0) is 26.7 Å². The first-order chi connectivity index (χ1) is 8.45. The molecule has 1 N–H and O–H groups in total. The van der Waals surface area contributed by atoms with E-state index in [1.165, 1.54) is 0 Å². The molecule has 0 radical (unpaired) electrons. The SMILES string of the molecule is CC1=C(O)C(C/C(C)=C/CC[C@H](C)C=O)OC1=O. The van der Waals surface area contributed by atoms with Crippen molar-refractivity contribution in [2.24, 2.45) is 5.92 Å². The first kappa shape index (κ1) is 14.5. The van der Waals surface area contributed by atoms with Crippen LogP contribution in [0.2, 0.25) is 0 Å². The third kappa shape index (κ3) is 3.72. The fourth-order valence-corrected chi connectivity index (χ4v) is 1.79. The Bertz CT molecular complexity index is 393. The fraction of sp³-hybridized carbons (Fsp3) is 0.571. The van der Waals surface area contributed by atoms with Gasteiger partial charge in [-0.3, -0.25) is 0 Å². The van der Waals surface area contributed by atoms with Gasteiger partial charge in [-0.15, -0.1) is 0 Å². The number of allylic oxidation sites excluding steroid dienone is 1. The van der Waals surface area contributed by atoms with Gasteiger partial charge in [0.15, 0.2) is 6.10 Å². The molecule has 0 spiro atoms. The Morgan fingerprint density at radius 3 is 2.72 bits per heavy atom. The number of aldehydes is 1. The number of aliphatic hydroxyl groups excluding tert-OH is 1. The molecule has 1 aliphatic heterocycles. The van der Waals surface area contributed by atoms with Crippen LogP contribution >= 0.6 is 0 Å². The smallest absolute Gasteiger partial charge is 0.338 e. The molecule has 0 amide bonds. The van der Waals surface area contributed by atoms with Crippen molar-refractivity contribution in [3.8, 4) is 0 Å². The predicted octanol–water partition coefficient (Wildman–Crippen LogP) is 2.70. The van der Waals surface area contributed by atoms with Crippen LogP contribution in [0.15, 0.2) is 23.0 Å². The molecule has 1 heterocycles. The zero-order chi connectivity index (χ0) is 13.7. The second kappa shape index (κ2) is 6.38. The summed E-state index contributed by atoms with van der Waals surface area (Å²) in [5.41, 5.74) is 1.34. The van der Waals surface area contributed by atoms with Crippen LogP contribution in [-0.2, 0) is 14.3 Å². The van der Waals surface area contributed by atoms with Crippen LogP contribution in [0.25, 0.3) is 0 Å². The molecular formula is C14H20O4. The Labute approximate surface area is 107 Å². The Balaban J connectivity index is 2.46. The lowest BCUT2D eigenvalue weighted by atomic mass is 10.0. The largest absolute Gasteiger partial charge is 0.508 e. The maximum Gasteiger partial charge on any atom is 0.338 e. The van der Waals surface area contributed by atoms with Crippen molar-refractivity contribution in [1.82, 2.24) is 0 Å². The van der Waals surface area contributed by atoms with Crippen LogP contribution in [0.3, 0.4) is 0 Å². The van der Waals surface area contributed by atoms with Gasteiger partial charge < -0.3 is 14.6 Å². The summed E-state index contributed by atoms with van der Waals surface area (Å²) in [6.45, 7) is 5.37. The van der Waals surface area contributed by atoms with Gasteiger partial charge in [0.1, 0.15) is 12.0 Å². The quantitative estimate of drug-likeness (QED) is 0.448. The molecule has 18 heavy (non-hydrogen) atoms. The van der Waals surface area contributed by atoms with Crippen LogP contribution in [-0.4, -0.2) is 23.5 Å². The van der Waals surface area contributed by atoms with Crippen LogP contribution in [0.4, 0.5) is 0 Å². The van der Waals surface area contributed by atoms with Gasteiger partial charge in [0, 0.05) is 12.3 Å². The number of cyclic esters (lactones) is 1. The number of carbonyl (C=O) groups excluding carboxylic acids is 2. The summed E-state index contributed by atoms with van der Waals surface area (Å²) in [6, 6.07) is 0. The normalized spacial score (nSPS) is 22.1. The maximum atomic E-state index is 11.2. The average molecular weight is 252 g/mol. The Morgan fingerprint density at radius 1 is 1.56 bits per heavy atom. The molecule has 2 atom stereocenters. The Kier molecular flexibility index (Phi) is 5.13. The van der Waals surface area contributed by atoms with Crippen LogP contribution in [0.5, 0.6) is 0 Å². The number of aliphatic hydroxyl groups is 1. The monoisotopic (exact) mass is 252 g/mol. The van der Waals surface area contributed by atoms with Crippen LogP contribution in [0, 0.1) is 5.92 Å². The Morgan fingerprint density at radius 2 is 2.22 bits per heavy atom. The van der Waals surface area contributed by atoms with Crippen molar-refractivity contribution in [3.63, 3.8) is 0 Å². The third-order valence-electron chi connectivity index (χ3n) is 3.10. The van der Waals surface area contributed by atoms with E-state index in [1.54, 1.807) is 6.92 Å². The molecule has 0 saturated heterocycles. The summed E-state index contributed by atoms with van der Waals surface area (Å²) in [4.78, 5) is 21.7. The van der Waals surface area contributed by atoms with Crippen LogP contribution in [0.1, 0.15) is 40.0 Å². The van der Waals surface area contributed by atoms with E-state index in [2.05, 4.69) is 0 Å². The molecule has 1 rings (SSSR count). The minimum absolute atomic E-state index is 0.0361. The van der Waals surface area contributed by atoms with E-state index in [0.29, 0.717) is 12.0 Å². The summed E-state index contributed by atoms with van der Waals surface area (Å²) in [6.07, 6.45) is 4.55. The van der Waals surface area contributed by atoms with Crippen molar-refractivity contribution < 1.29 is 19.4 Å². The van der Waals surface area contributed by atoms with E-state index in [-0.39, 0.29) is 11.7 Å². The predicted molar refractivity (Wildman–Crippen MR) is 68.0 cm³/mol. The first-order valence-corrected chi connectivity index (χ1v) is 6.17. The minimum Gasteiger partial charge on any atom is -0.508 e. The first-order valence-electron chi connectivity index (χ1n) is 6.17. The van der Waals surface area contributed by atoms with Gasteiger partial charge >= 0.3 is 5.97 Å². The van der Waals surface area contributed by atoms with Crippen LogP contribution < -0.4 is 0 Å². The molecule has 4 nitrogen and oxygen atoms in total. The van der Waals surface area contributed by atoms with E-state index < -0.39 is 12.1 Å². The lowest BCUT2D eigenvalue weighted by Gasteiger charge is -2.10. The number of ether oxygens (including phenoxy) is 1. The van der Waals surface area contributed by atoms with Crippen molar-refractivity contribution in [3.05, 3.63) is 23.0 Å². The maximum absolute atomic E-state index is 11.2. The molecule has 1 aliphatic rings. The highest BCUT2D eigenvalue weighted by Crippen LogP contribution is 2.25. The second-order valence-corrected chi connectivity index (χ2v) is 4.85. The Hall–Kier alpha value is -1.58. The fourth-order valence-electron chi connectivity index (χ4n) is 1.79. The topological polar surface area (TPSA) is 63.6 Å². The van der Waals surface area contributed by atoms with Crippen molar-refractivity contribution in [2.45, 2.75) is 46.1 Å². The second-order valence-electron chi connectivity index (χ2n) is 4.85. The van der Waals surface area contributed by atoms with Crippen molar-refractivity contribution in [1.29, 1.82) is 0 Å². The summed E-state index contributed by atoms with van der Waals surface area (Å²) in [5.74, 6) is -0.345. The highest BCUT2D eigenvalue weighted by Gasteiger charge is 2.31. The van der Waals surface area contributed by atoms with Crippen molar-refractivity contribution >= 4 is 12.3 Å². The molecule has 0 fully saturated rings. The number of rotatable bonds is 6. The van der Waals surface area contributed by atoms with E-state index >= 15 is 0 Å². The van der Waals surface area contributed by atoms with Gasteiger partial charge in [-0.25, -0.2) is 4.79 Å². The third-order valence-corrected chi connectivity index (χ3v) is 3.10. The number of hydrogen-bond acceptors (Lipinski definition) is 4. The highest BCUT2D eigenvalue weighted by molar-refractivity contribution is 5.91. The van der Waals surface area contributed by atoms with E-state index in [1.807, 2.05) is 19.9 Å². The van der Waals surface area contributed by atoms with Gasteiger partial charge in [0.2, 0.25) is 0 Å². The highest BCUT2D eigenvalue weighted by atomic mass is 16.6. The van der Waals surface area contributed by atoms with E-state index in [9.17, 15) is 14.7 Å². The lowest BCUT2D eigenvalue weighted by Crippen LogP contribution is -2.12. The van der Waals surface area contributed by atoms with E-state index in [0.717, 1.165) is 24.7 Å². The zero-order valence-corrected chi connectivity index (χ0v) is 11.1. The standard InChI is InChI=1S/C14H20O4/c1-9(5-4-6-10(2)8-15)7-12-13(16)11(3)14(17)18-12/h5,8,10,12,16H,4,6-7H2,1-3H3/b9-5+/t10-,12?/m0/s1. The molecule has 4 heteroatoms. The molecule has 0 aliphatic carbocycles. The summed E-state index contributed by atoms with van der Waals surface area (Å²) in [7, 11) is 0. The van der Waals surface area contributed by atoms with Gasteiger partial charge in [0.25, 0.3) is 0 Å². The molecule has 0 bridgehead atoms. The van der Waals surface area contributed by atoms with Gasteiger partial charge in [0.05, 0.1) is 5.57 Å². The number of hydrogen-bond donors (Lipinski definition) is 1. The van der Waals surface area contributed by atoms with Gasteiger partial charge in [-0.2, -0.15) is 0 Å². The molecule has 1 unspecified atom stereocenters. The summed E-state index contributed by atoms with van der Waals surface area (Å²) < 4.78 is 5.05. The molecule has 0 saturated carbocycles. The van der Waals surface area contributed by atoms with Gasteiger partial charge in [-0.1, -0.05) is 18.6 Å². The lowest BCUT2D eigenvalue weighted by molar-refractivity contribution is -0.140. The molecule has 0 aromatic rings. The molecule has 0 aromatic heterocycles. The average Bonchev–Trinajstić information content (AvgIpc) is 2.56. The number of esters is 1. The molecule has 100 valence electrons. The number of carbonyl (C=O) groups is 2. The summed E-state index contributed by atoms with van der Waals surface area (Å²) in [5, 5.41) is 9.69. The minimum atomic E-state index is -0.544. The molecule has 0 aromatic carbocycles. The zero-order valence-electron chi connectivity index (χ0n) is 11.1. The molecular weight excluding hydrogens is 232 g/mol. The van der Waals surface area contributed by atoms with E-state index in [4.69, 9.17) is 4.74 Å². The summed E-state index contributed by atoms with van der Waals surface area (Å²) >= 11 is 0. The van der Waals surface area contributed by atoms with Crippen molar-refractivity contribution in [2.75, 3.05) is 0 Å².